The molecule has 0 saturated heterocycles. The van der Waals surface area contributed by atoms with E-state index in [0.717, 1.165) is 58.7 Å². The Bertz CT molecular complexity index is 1180. The lowest BCUT2D eigenvalue weighted by atomic mass is 9.70. The maximum atomic E-state index is 12.7. The minimum atomic E-state index is -0.962. The first kappa shape index (κ1) is 24.8. The van der Waals surface area contributed by atoms with E-state index >= 15 is 0 Å². The van der Waals surface area contributed by atoms with Crippen LogP contribution in [0.25, 0.3) is 21.9 Å². The zero-order valence-electron chi connectivity index (χ0n) is 21.2. The molecule has 3 heteroatoms. The maximum Gasteiger partial charge on any atom is 0.336 e. The molecular weight excluding hydrogens is 408 g/mol. The van der Waals surface area contributed by atoms with Crippen molar-refractivity contribution in [1.29, 1.82) is 0 Å². The average Bonchev–Trinajstić information content (AvgIpc) is 2.71. The van der Waals surface area contributed by atoms with Gasteiger partial charge in [-0.2, -0.15) is 0 Å². The number of hydrogen-bond donors (Lipinski definition) is 2. The summed E-state index contributed by atoms with van der Waals surface area (Å²) in [6.45, 7) is 14.7. The maximum absolute atomic E-state index is 12.7. The minimum absolute atomic E-state index is 0.246. The summed E-state index contributed by atoms with van der Waals surface area (Å²) in [6.07, 6.45) is 3.59. The molecule has 0 fully saturated rings. The van der Waals surface area contributed by atoms with Crippen LogP contribution in [0, 0.1) is 6.92 Å². The van der Waals surface area contributed by atoms with Crippen LogP contribution in [0.4, 0.5) is 0 Å². The lowest BCUT2D eigenvalue weighted by molar-refractivity contribution is 0.0697. The molecule has 176 valence electrons. The van der Waals surface area contributed by atoms with Gasteiger partial charge in [-0.05, 0) is 53.0 Å². The van der Waals surface area contributed by atoms with Crippen LogP contribution in [0.3, 0.4) is 0 Å². The average molecular weight is 447 g/mol. The van der Waals surface area contributed by atoms with Gasteiger partial charge in [0.25, 0.3) is 0 Å². The molecule has 0 radical (unpaired) electrons. The molecule has 0 aliphatic heterocycles. The summed E-state index contributed by atoms with van der Waals surface area (Å²) < 4.78 is 0. The summed E-state index contributed by atoms with van der Waals surface area (Å²) in [5.41, 5.74) is 3.65. The third-order valence-corrected chi connectivity index (χ3v) is 6.99. The fourth-order valence-corrected chi connectivity index (χ4v) is 5.43. The molecule has 0 aliphatic carbocycles. The highest BCUT2D eigenvalue weighted by molar-refractivity contribution is 6.05. The highest BCUT2D eigenvalue weighted by atomic mass is 16.4. The molecule has 3 rings (SSSR count). The van der Waals surface area contributed by atoms with Crippen molar-refractivity contribution in [2.45, 2.75) is 85.0 Å². The summed E-state index contributed by atoms with van der Waals surface area (Å²) >= 11 is 0. The smallest absolute Gasteiger partial charge is 0.336 e. The lowest BCUT2D eigenvalue weighted by Gasteiger charge is -2.34. The summed E-state index contributed by atoms with van der Waals surface area (Å²) in [5, 5.41) is 24.2. The van der Waals surface area contributed by atoms with Gasteiger partial charge in [0, 0.05) is 16.7 Å². The monoisotopic (exact) mass is 446 g/mol. The number of fused-ring (bicyclic) bond motifs is 1. The van der Waals surface area contributed by atoms with Crippen LogP contribution < -0.4 is 0 Å². The van der Waals surface area contributed by atoms with Crippen LogP contribution in [-0.2, 0) is 10.8 Å². The zero-order chi connectivity index (χ0) is 24.6. The van der Waals surface area contributed by atoms with Crippen LogP contribution in [0.1, 0.15) is 94.3 Å². The van der Waals surface area contributed by atoms with Gasteiger partial charge in [0.1, 0.15) is 5.75 Å². The van der Waals surface area contributed by atoms with E-state index in [-0.39, 0.29) is 16.7 Å². The number of hydrogen-bond acceptors (Lipinski definition) is 2. The predicted molar refractivity (Wildman–Crippen MR) is 139 cm³/mol. The summed E-state index contributed by atoms with van der Waals surface area (Å²) in [6, 6.07) is 14.0. The van der Waals surface area contributed by atoms with Crippen molar-refractivity contribution in [2.24, 2.45) is 0 Å². The molecule has 0 saturated carbocycles. The van der Waals surface area contributed by atoms with Crippen LogP contribution >= 0.6 is 0 Å². The number of aromatic hydroxyl groups is 1. The SMILES string of the molecule is CCCC(C)(C)c1cc(C(=O)O)c(-c2cccc3cc(C)ccc23)c(C(C)(C)CCC)c1O. The van der Waals surface area contributed by atoms with Gasteiger partial charge < -0.3 is 10.2 Å². The van der Waals surface area contributed by atoms with Gasteiger partial charge in [-0.1, -0.05) is 96.3 Å². The van der Waals surface area contributed by atoms with Crippen LogP contribution in [0.5, 0.6) is 5.75 Å². The first-order valence-corrected chi connectivity index (χ1v) is 12.1. The molecule has 0 heterocycles. The summed E-state index contributed by atoms with van der Waals surface area (Å²) in [5.74, 6) is -0.716. The Hall–Kier alpha value is -2.81. The van der Waals surface area contributed by atoms with Crippen LogP contribution in [0.2, 0.25) is 0 Å². The molecule has 0 atom stereocenters. The van der Waals surface area contributed by atoms with E-state index in [0.29, 0.717) is 5.56 Å². The Kier molecular flexibility index (Phi) is 6.93. The van der Waals surface area contributed by atoms with Crippen molar-refractivity contribution in [3.63, 3.8) is 0 Å². The second-order valence-corrected chi connectivity index (χ2v) is 10.7. The van der Waals surface area contributed by atoms with Gasteiger partial charge in [0.15, 0.2) is 0 Å². The van der Waals surface area contributed by atoms with Gasteiger partial charge in [-0.15, -0.1) is 0 Å². The zero-order valence-corrected chi connectivity index (χ0v) is 21.2. The first-order chi connectivity index (χ1) is 15.4. The van der Waals surface area contributed by atoms with E-state index in [1.807, 2.05) is 12.1 Å². The van der Waals surface area contributed by atoms with Crippen LogP contribution in [-0.4, -0.2) is 16.2 Å². The largest absolute Gasteiger partial charge is 0.507 e. The molecule has 3 nitrogen and oxygen atoms in total. The second-order valence-electron chi connectivity index (χ2n) is 10.7. The number of carboxylic acid groups (broad SMARTS) is 1. The molecule has 33 heavy (non-hydrogen) atoms. The molecule has 0 aliphatic rings. The fraction of sp³-hybridized carbons (Fsp3) is 0.433. The lowest BCUT2D eigenvalue weighted by Crippen LogP contribution is -2.24. The van der Waals surface area contributed by atoms with Gasteiger partial charge in [0.05, 0.1) is 5.56 Å². The number of rotatable bonds is 8. The summed E-state index contributed by atoms with van der Waals surface area (Å²) in [7, 11) is 0. The number of phenols is 1. The minimum Gasteiger partial charge on any atom is -0.507 e. The van der Waals surface area contributed by atoms with Crippen molar-refractivity contribution < 1.29 is 15.0 Å². The molecule has 2 N–H and O–H groups in total. The third kappa shape index (κ3) is 4.64. The predicted octanol–water partition coefficient (Wildman–Crippen LogP) is 8.37. The Morgan fingerprint density at radius 3 is 2.15 bits per heavy atom. The standard InChI is InChI=1S/C30H38O3/c1-8-15-29(4,5)24-18-23(28(32)33)25(26(27(24)31)30(6,7)16-9-2)22-12-10-11-20-17-19(3)13-14-21(20)22/h10-14,17-18,31H,8-9,15-16H2,1-7H3,(H,32,33). The van der Waals surface area contributed by atoms with Crippen molar-refractivity contribution >= 4 is 16.7 Å². The molecule has 0 amide bonds. The topological polar surface area (TPSA) is 57.5 Å². The molecule has 3 aromatic rings. The normalized spacial score (nSPS) is 12.3. The van der Waals surface area contributed by atoms with Crippen molar-refractivity contribution in [3.05, 3.63) is 64.7 Å². The number of phenolic OH excluding ortho intramolecular Hbond substituents is 1. The fourth-order valence-electron chi connectivity index (χ4n) is 5.43. The van der Waals surface area contributed by atoms with E-state index in [4.69, 9.17) is 0 Å². The molecule has 0 unspecified atom stereocenters. The molecular formula is C30H38O3. The highest BCUT2D eigenvalue weighted by Crippen LogP contribution is 2.49. The molecule has 0 spiro atoms. The van der Waals surface area contributed by atoms with Crippen molar-refractivity contribution in [3.8, 4) is 16.9 Å². The van der Waals surface area contributed by atoms with Gasteiger partial charge in [-0.3, -0.25) is 0 Å². The Morgan fingerprint density at radius 1 is 0.909 bits per heavy atom. The van der Waals surface area contributed by atoms with Gasteiger partial charge in [-0.25, -0.2) is 4.79 Å². The molecule has 3 aromatic carbocycles. The molecule has 0 bridgehead atoms. The number of carboxylic acids is 1. The first-order valence-electron chi connectivity index (χ1n) is 12.1. The Balaban J connectivity index is 2.53. The number of carbonyl (C=O) groups is 1. The van der Waals surface area contributed by atoms with E-state index in [1.165, 1.54) is 0 Å². The van der Waals surface area contributed by atoms with Crippen molar-refractivity contribution in [2.75, 3.05) is 0 Å². The van der Waals surface area contributed by atoms with E-state index in [1.54, 1.807) is 6.07 Å². The van der Waals surface area contributed by atoms with E-state index < -0.39 is 11.4 Å². The Morgan fingerprint density at radius 2 is 1.55 bits per heavy atom. The number of aryl methyl sites for hydroxylation is 1. The quantitative estimate of drug-likeness (QED) is 0.365. The van der Waals surface area contributed by atoms with E-state index in [2.05, 4.69) is 72.7 Å². The third-order valence-electron chi connectivity index (χ3n) is 6.99. The summed E-state index contributed by atoms with van der Waals surface area (Å²) in [4.78, 5) is 12.7. The van der Waals surface area contributed by atoms with Gasteiger partial charge in [0.2, 0.25) is 0 Å². The number of benzene rings is 3. The van der Waals surface area contributed by atoms with E-state index in [9.17, 15) is 15.0 Å². The second kappa shape index (κ2) is 9.21. The molecule has 0 aromatic heterocycles. The van der Waals surface area contributed by atoms with Gasteiger partial charge >= 0.3 is 5.97 Å². The van der Waals surface area contributed by atoms with Crippen LogP contribution in [0.15, 0.2) is 42.5 Å². The van der Waals surface area contributed by atoms with Crippen molar-refractivity contribution in [1.82, 2.24) is 0 Å². The number of aromatic carboxylic acids is 1. The Labute approximate surface area is 198 Å². The highest BCUT2D eigenvalue weighted by Gasteiger charge is 2.36.